The van der Waals surface area contributed by atoms with Crippen molar-refractivity contribution in [2.75, 3.05) is 25.1 Å². The molecule has 1 aliphatic carbocycles. The van der Waals surface area contributed by atoms with E-state index in [0.717, 1.165) is 17.2 Å². The highest BCUT2D eigenvalue weighted by Crippen LogP contribution is 2.29. The molecule has 0 heterocycles. The van der Waals surface area contributed by atoms with Gasteiger partial charge in [0.05, 0.1) is 31.3 Å². The van der Waals surface area contributed by atoms with Gasteiger partial charge in [-0.3, -0.25) is 21.1 Å². The van der Waals surface area contributed by atoms with Gasteiger partial charge >= 0.3 is 0 Å². The number of benzene rings is 2. The number of nitrogens with one attached hydrogen (secondary N) is 3. The van der Waals surface area contributed by atoms with E-state index < -0.39 is 5.41 Å². The summed E-state index contributed by atoms with van der Waals surface area (Å²) in [4.78, 5) is 12.6. The van der Waals surface area contributed by atoms with Crippen LogP contribution in [0.4, 0.5) is 11.4 Å². The van der Waals surface area contributed by atoms with E-state index in [0.29, 0.717) is 11.4 Å². The molecule has 3 N–H and O–H groups in total. The largest absolute Gasteiger partial charge is 0.497 e. The van der Waals surface area contributed by atoms with Crippen LogP contribution in [0.15, 0.2) is 58.7 Å². The lowest BCUT2D eigenvalue weighted by atomic mass is 9.73. The highest BCUT2D eigenvalue weighted by Gasteiger charge is 2.41. The summed E-state index contributed by atoms with van der Waals surface area (Å²) in [5.74, 6) is 1.26. The summed E-state index contributed by atoms with van der Waals surface area (Å²) in [5.41, 5.74) is 7.17. The van der Waals surface area contributed by atoms with Gasteiger partial charge in [-0.05, 0) is 48.5 Å². The lowest BCUT2D eigenvalue weighted by Gasteiger charge is -2.31. The van der Waals surface area contributed by atoms with Gasteiger partial charge in [0, 0.05) is 11.8 Å². The maximum atomic E-state index is 12.6. The van der Waals surface area contributed by atoms with Gasteiger partial charge in [-0.15, -0.1) is 0 Å². The number of Topliss-reactive ketones (excluding diaryl/α,β-unsaturated/α-hetero) is 1. The fourth-order valence-corrected chi connectivity index (χ4v) is 3.06. The minimum Gasteiger partial charge on any atom is -0.497 e. The van der Waals surface area contributed by atoms with E-state index in [1.54, 1.807) is 38.5 Å². The third kappa shape index (κ3) is 4.65. The van der Waals surface area contributed by atoms with Gasteiger partial charge in [0.15, 0.2) is 11.5 Å². The Balaban J connectivity index is 1.81. The number of carbonyl (C=O) groups excluding carboxylic acids is 1. The zero-order valence-electron chi connectivity index (χ0n) is 17.4. The van der Waals surface area contributed by atoms with Gasteiger partial charge in [0.2, 0.25) is 0 Å². The molecule has 8 nitrogen and oxygen atoms in total. The van der Waals surface area contributed by atoms with Crippen LogP contribution in [0.1, 0.15) is 20.3 Å². The van der Waals surface area contributed by atoms with E-state index in [1.165, 1.54) is 0 Å². The van der Waals surface area contributed by atoms with E-state index in [-0.39, 0.29) is 23.6 Å². The van der Waals surface area contributed by atoms with Gasteiger partial charge in [-0.2, -0.15) is 10.2 Å². The van der Waals surface area contributed by atoms with E-state index in [1.807, 2.05) is 38.1 Å². The molecule has 1 saturated carbocycles. The standard InChI is InChI=1S/C22H25N5O3/c1-22(2)13-18(28)20(26-24-14-5-9-16(29-3)10-6-14)19(23)21(22)27-25-15-7-11-17(30-4)12-8-15/h5-12,23-25H,13H2,1-4H3/b23-19?,26-20-,27-21-. The number of hydrogen-bond donors (Lipinski definition) is 3. The van der Waals surface area contributed by atoms with Crippen LogP contribution in [0.3, 0.4) is 0 Å². The van der Waals surface area contributed by atoms with Crippen LogP contribution >= 0.6 is 0 Å². The Bertz CT molecular complexity index is 992. The number of methoxy groups -OCH3 is 2. The maximum absolute atomic E-state index is 12.6. The Morgan fingerprint density at radius 3 is 1.80 bits per heavy atom. The Morgan fingerprint density at radius 2 is 1.33 bits per heavy atom. The molecule has 0 unspecified atom stereocenters. The van der Waals surface area contributed by atoms with Crippen LogP contribution in [-0.4, -0.2) is 37.1 Å². The zero-order valence-corrected chi connectivity index (χ0v) is 17.4. The minimum absolute atomic E-state index is 0.00160. The molecule has 0 saturated heterocycles. The Kier molecular flexibility index (Phi) is 6.15. The topological polar surface area (TPSA) is 108 Å². The molecule has 0 amide bonds. The molecule has 0 radical (unpaired) electrons. The van der Waals surface area contributed by atoms with Crippen LogP contribution in [0.25, 0.3) is 0 Å². The molecule has 0 bridgehead atoms. The zero-order chi connectivity index (χ0) is 21.7. The number of ketones is 1. The molecule has 2 aromatic carbocycles. The number of hydrazone groups is 2. The second-order valence-electron chi connectivity index (χ2n) is 7.46. The van der Waals surface area contributed by atoms with Crippen LogP contribution in [0.2, 0.25) is 0 Å². The molecule has 8 heteroatoms. The van der Waals surface area contributed by atoms with Crippen molar-refractivity contribution in [1.29, 1.82) is 5.41 Å². The van der Waals surface area contributed by atoms with E-state index in [9.17, 15) is 4.79 Å². The molecule has 0 aliphatic heterocycles. The van der Waals surface area contributed by atoms with Crippen molar-refractivity contribution in [2.24, 2.45) is 15.6 Å². The third-order valence-electron chi connectivity index (χ3n) is 4.75. The molecule has 3 rings (SSSR count). The second-order valence-corrected chi connectivity index (χ2v) is 7.46. The lowest BCUT2D eigenvalue weighted by molar-refractivity contribution is -0.114. The van der Waals surface area contributed by atoms with Crippen molar-refractivity contribution in [3.8, 4) is 11.5 Å². The fourth-order valence-electron chi connectivity index (χ4n) is 3.06. The first-order valence-electron chi connectivity index (χ1n) is 9.42. The van der Waals surface area contributed by atoms with E-state index in [4.69, 9.17) is 14.9 Å². The summed E-state index contributed by atoms with van der Waals surface area (Å²) in [6.07, 6.45) is 0.210. The Hall–Kier alpha value is -3.68. The summed E-state index contributed by atoms with van der Waals surface area (Å²) in [7, 11) is 3.19. The van der Waals surface area contributed by atoms with Crippen LogP contribution < -0.4 is 20.3 Å². The van der Waals surface area contributed by atoms with Crippen molar-refractivity contribution in [2.45, 2.75) is 20.3 Å². The number of rotatable bonds is 6. The number of carbonyl (C=O) groups is 1. The fraction of sp³-hybridized carbons (Fsp3) is 0.273. The van der Waals surface area contributed by atoms with Crippen molar-refractivity contribution in [1.82, 2.24) is 0 Å². The Morgan fingerprint density at radius 1 is 0.867 bits per heavy atom. The number of ether oxygens (including phenoxy) is 2. The van der Waals surface area contributed by atoms with Gasteiger partial charge in [0.25, 0.3) is 0 Å². The smallest absolute Gasteiger partial charge is 0.186 e. The van der Waals surface area contributed by atoms with Gasteiger partial charge in [0.1, 0.15) is 17.2 Å². The van der Waals surface area contributed by atoms with Crippen molar-refractivity contribution < 1.29 is 14.3 Å². The van der Waals surface area contributed by atoms with Crippen LogP contribution in [-0.2, 0) is 4.79 Å². The SMILES string of the molecule is COc1ccc(N/N=C2\C(=N)/C(=N/Nc3ccc(OC)cc3)C(C)(C)CC2=O)cc1. The van der Waals surface area contributed by atoms with Crippen molar-refractivity contribution in [3.63, 3.8) is 0 Å². The molecule has 156 valence electrons. The van der Waals surface area contributed by atoms with E-state index in [2.05, 4.69) is 21.1 Å². The predicted octanol–water partition coefficient (Wildman–Crippen LogP) is 3.96. The van der Waals surface area contributed by atoms with E-state index >= 15 is 0 Å². The first kappa shape index (κ1) is 21.0. The van der Waals surface area contributed by atoms with Crippen LogP contribution in [0, 0.1) is 10.8 Å². The quantitative estimate of drug-likeness (QED) is 0.628. The molecule has 1 fully saturated rings. The molecule has 2 aromatic rings. The second kappa shape index (κ2) is 8.77. The molecular weight excluding hydrogens is 382 g/mol. The van der Waals surface area contributed by atoms with Gasteiger partial charge in [-0.1, -0.05) is 13.8 Å². The van der Waals surface area contributed by atoms with Crippen molar-refractivity contribution >= 4 is 34.3 Å². The monoisotopic (exact) mass is 407 g/mol. The van der Waals surface area contributed by atoms with Gasteiger partial charge < -0.3 is 9.47 Å². The van der Waals surface area contributed by atoms with Crippen LogP contribution in [0.5, 0.6) is 11.5 Å². The summed E-state index contributed by atoms with van der Waals surface area (Å²) >= 11 is 0. The third-order valence-corrected chi connectivity index (χ3v) is 4.75. The maximum Gasteiger partial charge on any atom is 0.186 e. The molecule has 1 aliphatic rings. The highest BCUT2D eigenvalue weighted by molar-refractivity contribution is 6.83. The molecule has 30 heavy (non-hydrogen) atoms. The average molecular weight is 407 g/mol. The number of hydrogen-bond acceptors (Lipinski definition) is 8. The summed E-state index contributed by atoms with van der Waals surface area (Å²) in [6, 6.07) is 14.4. The summed E-state index contributed by atoms with van der Waals surface area (Å²) in [5, 5.41) is 17.2. The molecular formula is C22H25N5O3. The first-order chi connectivity index (χ1) is 14.3. The predicted molar refractivity (Wildman–Crippen MR) is 119 cm³/mol. The summed E-state index contributed by atoms with van der Waals surface area (Å²) in [6.45, 7) is 3.78. The minimum atomic E-state index is -0.591. The number of anilines is 2. The average Bonchev–Trinajstić information content (AvgIpc) is 2.73. The molecule has 0 spiro atoms. The Labute approximate surface area is 175 Å². The number of nitrogens with zero attached hydrogens (tertiary/aromatic N) is 2. The lowest BCUT2D eigenvalue weighted by Crippen LogP contribution is -2.47. The summed E-state index contributed by atoms with van der Waals surface area (Å²) < 4.78 is 10.3. The molecule has 0 aromatic heterocycles. The van der Waals surface area contributed by atoms with Crippen molar-refractivity contribution in [3.05, 3.63) is 48.5 Å². The first-order valence-corrected chi connectivity index (χ1v) is 9.42. The molecule has 0 atom stereocenters. The highest BCUT2D eigenvalue weighted by atomic mass is 16.5. The van der Waals surface area contributed by atoms with Gasteiger partial charge in [-0.25, -0.2) is 0 Å². The normalized spacial score (nSPS) is 18.4.